The molecule has 0 N–H and O–H groups in total. The third-order valence-electron chi connectivity index (χ3n) is 12.3. The van der Waals surface area contributed by atoms with Crippen LogP contribution in [0.5, 0.6) is 0 Å². The van der Waals surface area contributed by atoms with E-state index in [0.717, 1.165) is 22.7 Å². The SMILES string of the molecule is c1ccc(-n2c3ccccc3c3cc(-n4c5ccccc5c5cccc(-n6c7ccccc7c7ccc(-n8c9ccccc9c9ccccc98)cc76)c54)ccc32)cc1. The van der Waals surface area contributed by atoms with Crippen LogP contribution in [0.2, 0.25) is 0 Å². The summed E-state index contributed by atoms with van der Waals surface area (Å²) in [5.74, 6) is 0. The lowest BCUT2D eigenvalue weighted by molar-refractivity contribution is 1.12. The lowest BCUT2D eigenvalue weighted by atomic mass is 10.1. The highest BCUT2D eigenvalue weighted by Crippen LogP contribution is 2.42. The van der Waals surface area contributed by atoms with Crippen molar-refractivity contribution in [3.63, 3.8) is 0 Å². The second-order valence-electron chi connectivity index (χ2n) is 15.3. The third kappa shape index (κ3) is 4.23. The first-order valence-corrected chi connectivity index (χ1v) is 20.0. The summed E-state index contributed by atoms with van der Waals surface area (Å²) in [7, 11) is 0. The minimum Gasteiger partial charge on any atom is -0.309 e. The van der Waals surface area contributed by atoms with Crippen LogP contribution < -0.4 is 0 Å². The van der Waals surface area contributed by atoms with Gasteiger partial charge in [-0.05, 0) is 78.9 Å². The van der Waals surface area contributed by atoms with Crippen molar-refractivity contribution >= 4 is 87.2 Å². The highest BCUT2D eigenvalue weighted by atomic mass is 15.1. The molecule has 0 aliphatic carbocycles. The molecule has 13 rings (SSSR count). The lowest BCUT2D eigenvalue weighted by Crippen LogP contribution is -2.01. The quantitative estimate of drug-likeness (QED) is 0.171. The summed E-state index contributed by atoms with van der Waals surface area (Å²) in [6.07, 6.45) is 0. The summed E-state index contributed by atoms with van der Waals surface area (Å²) < 4.78 is 9.80. The number of rotatable bonds is 4. The molecule has 0 amide bonds. The number of benzene rings is 9. The van der Waals surface area contributed by atoms with Crippen LogP contribution in [-0.2, 0) is 0 Å². The molecule has 0 aliphatic heterocycles. The topological polar surface area (TPSA) is 19.7 Å². The molecular formula is C54H34N4. The normalized spacial score (nSPS) is 12.1. The van der Waals surface area contributed by atoms with Gasteiger partial charge in [-0.2, -0.15) is 0 Å². The van der Waals surface area contributed by atoms with Gasteiger partial charge >= 0.3 is 0 Å². The Bertz CT molecular complexity index is 3740. The number of nitrogens with zero attached hydrogens (tertiary/aromatic N) is 4. The Morgan fingerprint density at radius 2 is 0.621 bits per heavy atom. The standard InChI is InChI=1S/C54H34N4/c1-2-15-35(16-3-1)55-48-25-11-8-21-42(48)45-33-36(30-32-51(45)55)57-49-26-12-7-20-41(49)44-22-14-28-52(54(44)57)58-50-27-13-6-19-40(50)43-31-29-37(34-53(43)58)56-46-23-9-4-17-38(46)39-18-5-10-24-47(39)56/h1-34H. The molecule has 58 heavy (non-hydrogen) atoms. The van der Waals surface area contributed by atoms with E-state index in [1.165, 1.54) is 87.2 Å². The van der Waals surface area contributed by atoms with Gasteiger partial charge in [0.05, 0.1) is 49.8 Å². The maximum atomic E-state index is 2.50. The van der Waals surface area contributed by atoms with Gasteiger partial charge in [-0.25, -0.2) is 0 Å². The molecule has 4 aromatic heterocycles. The highest BCUT2D eigenvalue weighted by Gasteiger charge is 2.22. The van der Waals surface area contributed by atoms with E-state index < -0.39 is 0 Å². The minimum atomic E-state index is 1.13. The van der Waals surface area contributed by atoms with Gasteiger partial charge in [0.25, 0.3) is 0 Å². The van der Waals surface area contributed by atoms with Crippen molar-refractivity contribution < 1.29 is 0 Å². The predicted octanol–water partition coefficient (Wildman–Crippen LogP) is 14.1. The summed E-state index contributed by atoms with van der Waals surface area (Å²) in [6.45, 7) is 0. The molecule has 0 spiro atoms. The molecule has 0 saturated carbocycles. The molecule has 9 aromatic carbocycles. The smallest absolute Gasteiger partial charge is 0.0782 e. The molecule has 4 heteroatoms. The summed E-state index contributed by atoms with van der Waals surface area (Å²) in [4.78, 5) is 0. The van der Waals surface area contributed by atoms with Crippen molar-refractivity contribution in [2.75, 3.05) is 0 Å². The molecular weight excluding hydrogens is 705 g/mol. The summed E-state index contributed by atoms with van der Waals surface area (Å²) >= 11 is 0. The number of aromatic nitrogens is 4. The average Bonchev–Trinajstić information content (AvgIpc) is 4.01. The van der Waals surface area contributed by atoms with Crippen molar-refractivity contribution in [3.8, 4) is 22.7 Å². The Hall–Kier alpha value is -7.82. The number of hydrogen-bond acceptors (Lipinski definition) is 0. The predicted molar refractivity (Wildman–Crippen MR) is 244 cm³/mol. The van der Waals surface area contributed by atoms with Crippen LogP contribution in [0.3, 0.4) is 0 Å². The molecule has 0 bridgehead atoms. The van der Waals surface area contributed by atoms with Gasteiger partial charge in [-0.1, -0.05) is 127 Å². The Kier molecular flexibility index (Phi) is 6.41. The van der Waals surface area contributed by atoms with Crippen LogP contribution in [0.1, 0.15) is 0 Å². The maximum absolute atomic E-state index is 2.50. The molecule has 0 fully saturated rings. The molecule has 0 atom stereocenters. The first-order chi connectivity index (χ1) is 28.8. The Morgan fingerprint density at radius 1 is 0.207 bits per heavy atom. The second-order valence-corrected chi connectivity index (χ2v) is 15.3. The fourth-order valence-corrected chi connectivity index (χ4v) is 9.96. The van der Waals surface area contributed by atoms with Crippen molar-refractivity contribution in [1.29, 1.82) is 0 Å². The van der Waals surface area contributed by atoms with E-state index in [9.17, 15) is 0 Å². The van der Waals surface area contributed by atoms with Gasteiger partial charge in [0.2, 0.25) is 0 Å². The lowest BCUT2D eigenvalue weighted by Gasteiger charge is -2.15. The molecule has 0 aliphatic rings. The second kappa shape index (κ2) is 11.8. The Morgan fingerprint density at radius 3 is 1.24 bits per heavy atom. The monoisotopic (exact) mass is 738 g/mol. The zero-order chi connectivity index (χ0) is 37.9. The number of para-hydroxylation sites is 7. The van der Waals surface area contributed by atoms with E-state index >= 15 is 0 Å². The van der Waals surface area contributed by atoms with E-state index in [1.807, 2.05) is 0 Å². The fraction of sp³-hybridized carbons (Fsp3) is 0. The van der Waals surface area contributed by atoms with Crippen LogP contribution in [0, 0.1) is 0 Å². The fourth-order valence-electron chi connectivity index (χ4n) is 9.96. The first-order valence-electron chi connectivity index (χ1n) is 20.0. The third-order valence-corrected chi connectivity index (χ3v) is 12.3. The van der Waals surface area contributed by atoms with Crippen molar-refractivity contribution in [3.05, 3.63) is 206 Å². The summed E-state index contributed by atoms with van der Waals surface area (Å²) in [6, 6.07) is 75.5. The molecule has 0 unspecified atom stereocenters. The molecule has 4 nitrogen and oxygen atoms in total. The Labute approximate surface area is 333 Å². The van der Waals surface area contributed by atoms with Crippen molar-refractivity contribution in [2.45, 2.75) is 0 Å². The van der Waals surface area contributed by atoms with Crippen LogP contribution in [0.25, 0.3) is 110 Å². The van der Waals surface area contributed by atoms with E-state index in [4.69, 9.17) is 0 Å². The van der Waals surface area contributed by atoms with Gasteiger partial charge in [0.1, 0.15) is 0 Å². The largest absolute Gasteiger partial charge is 0.309 e. The average molecular weight is 739 g/mol. The zero-order valence-electron chi connectivity index (χ0n) is 31.4. The Balaban J connectivity index is 1.12. The number of fused-ring (bicyclic) bond motifs is 12. The van der Waals surface area contributed by atoms with Gasteiger partial charge in [-0.3, -0.25) is 0 Å². The first kappa shape index (κ1) is 31.4. The van der Waals surface area contributed by atoms with Crippen molar-refractivity contribution in [1.82, 2.24) is 18.3 Å². The molecule has 0 saturated heterocycles. The van der Waals surface area contributed by atoms with Gasteiger partial charge in [0, 0.05) is 60.2 Å². The summed E-state index contributed by atoms with van der Waals surface area (Å²) in [5, 5.41) is 9.92. The number of hydrogen-bond donors (Lipinski definition) is 0. The molecule has 270 valence electrons. The van der Waals surface area contributed by atoms with Gasteiger partial charge in [0.15, 0.2) is 0 Å². The highest BCUT2D eigenvalue weighted by molar-refractivity contribution is 6.17. The molecule has 4 heterocycles. The van der Waals surface area contributed by atoms with Crippen LogP contribution in [0.4, 0.5) is 0 Å². The molecule has 13 aromatic rings. The van der Waals surface area contributed by atoms with Crippen LogP contribution in [0.15, 0.2) is 206 Å². The maximum Gasteiger partial charge on any atom is 0.0782 e. The van der Waals surface area contributed by atoms with E-state index in [-0.39, 0.29) is 0 Å². The zero-order valence-corrected chi connectivity index (χ0v) is 31.4. The van der Waals surface area contributed by atoms with Gasteiger partial charge < -0.3 is 18.3 Å². The van der Waals surface area contributed by atoms with E-state index in [2.05, 4.69) is 225 Å². The minimum absolute atomic E-state index is 1.13. The van der Waals surface area contributed by atoms with E-state index in [0.29, 0.717) is 0 Å². The van der Waals surface area contributed by atoms with E-state index in [1.54, 1.807) is 0 Å². The van der Waals surface area contributed by atoms with Crippen molar-refractivity contribution in [2.24, 2.45) is 0 Å². The van der Waals surface area contributed by atoms with Gasteiger partial charge in [-0.15, -0.1) is 0 Å². The summed E-state index contributed by atoms with van der Waals surface area (Å²) in [5.41, 5.74) is 14.1. The van der Waals surface area contributed by atoms with Crippen LogP contribution in [-0.4, -0.2) is 18.3 Å². The molecule has 0 radical (unpaired) electrons. The van der Waals surface area contributed by atoms with Crippen LogP contribution >= 0.6 is 0 Å².